The van der Waals surface area contributed by atoms with Gasteiger partial charge in [0.25, 0.3) is 0 Å². The summed E-state index contributed by atoms with van der Waals surface area (Å²) in [7, 11) is 1.56. The van der Waals surface area contributed by atoms with E-state index >= 15 is 0 Å². The van der Waals surface area contributed by atoms with Crippen molar-refractivity contribution in [1.29, 1.82) is 0 Å². The molecular formula is C15H21N3O3. The van der Waals surface area contributed by atoms with E-state index in [1.165, 1.54) is 6.92 Å². The van der Waals surface area contributed by atoms with E-state index in [2.05, 4.69) is 16.0 Å². The van der Waals surface area contributed by atoms with E-state index in [0.717, 1.165) is 13.1 Å². The van der Waals surface area contributed by atoms with Crippen molar-refractivity contribution in [2.24, 2.45) is 11.8 Å². The minimum atomic E-state index is -0.188. The Labute approximate surface area is 124 Å². The van der Waals surface area contributed by atoms with Gasteiger partial charge in [-0.1, -0.05) is 6.92 Å². The Morgan fingerprint density at radius 3 is 2.52 bits per heavy atom. The van der Waals surface area contributed by atoms with Crippen molar-refractivity contribution in [1.82, 2.24) is 5.32 Å². The number of nitrogens with one attached hydrogen (secondary N) is 3. The summed E-state index contributed by atoms with van der Waals surface area (Å²) < 4.78 is 5.16. The third kappa shape index (κ3) is 3.72. The summed E-state index contributed by atoms with van der Waals surface area (Å²) in [5, 5.41) is 8.74. The predicted molar refractivity (Wildman–Crippen MR) is 81.5 cm³/mol. The van der Waals surface area contributed by atoms with E-state index in [1.807, 2.05) is 6.92 Å². The number of ether oxygens (including phenoxy) is 1. The van der Waals surface area contributed by atoms with Gasteiger partial charge < -0.3 is 20.7 Å². The summed E-state index contributed by atoms with van der Waals surface area (Å²) >= 11 is 0. The maximum atomic E-state index is 12.3. The van der Waals surface area contributed by atoms with E-state index < -0.39 is 0 Å². The molecule has 1 fully saturated rings. The first-order valence-corrected chi connectivity index (χ1v) is 6.98. The van der Waals surface area contributed by atoms with Crippen LogP contribution in [0.1, 0.15) is 13.8 Å². The minimum Gasteiger partial charge on any atom is -0.497 e. The molecule has 1 aromatic rings. The van der Waals surface area contributed by atoms with Crippen molar-refractivity contribution in [2.75, 3.05) is 30.8 Å². The Hall–Kier alpha value is -2.08. The Balaban J connectivity index is 2.15. The summed E-state index contributed by atoms with van der Waals surface area (Å²) in [5.41, 5.74) is 1.12. The van der Waals surface area contributed by atoms with Crippen LogP contribution in [-0.2, 0) is 9.59 Å². The van der Waals surface area contributed by atoms with Crippen molar-refractivity contribution < 1.29 is 14.3 Å². The van der Waals surface area contributed by atoms with Crippen LogP contribution in [0, 0.1) is 11.8 Å². The average molecular weight is 291 g/mol. The molecule has 1 atom stereocenters. The second-order valence-corrected chi connectivity index (χ2v) is 5.29. The maximum Gasteiger partial charge on any atom is 0.227 e. The van der Waals surface area contributed by atoms with Crippen LogP contribution in [0.4, 0.5) is 11.4 Å². The molecule has 6 heteroatoms. The van der Waals surface area contributed by atoms with Crippen molar-refractivity contribution >= 4 is 23.2 Å². The van der Waals surface area contributed by atoms with E-state index in [9.17, 15) is 9.59 Å². The fourth-order valence-electron chi connectivity index (χ4n) is 2.18. The van der Waals surface area contributed by atoms with Gasteiger partial charge in [-0.2, -0.15) is 0 Å². The summed E-state index contributed by atoms with van der Waals surface area (Å²) in [5.74, 6) is 0.660. The minimum absolute atomic E-state index is 0.0543. The van der Waals surface area contributed by atoms with E-state index in [-0.39, 0.29) is 17.7 Å². The molecule has 0 aromatic heterocycles. The highest BCUT2D eigenvalue weighted by molar-refractivity contribution is 6.00. The zero-order valence-electron chi connectivity index (χ0n) is 12.5. The van der Waals surface area contributed by atoms with Crippen LogP contribution in [0.25, 0.3) is 0 Å². The zero-order valence-corrected chi connectivity index (χ0v) is 12.5. The smallest absolute Gasteiger partial charge is 0.227 e. The zero-order chi connectivity index (χ0) is 15.4. The van der Waals surface area contributed by atoms with E-state index in [4.69, 9.17) is 4.74 Å². The van der Waals surface area contributed by atoms with Gasteiger partial charge in [0.15, 0.2) is 0 Å². The first-order valence-electron chi connectivity index (χ1n) is 6.98. The van der Waals surface area contributed by atoms with Gasteiger partial charge in [-0.05, 0) is 31.1 Å². The molecule has 21 heavy (non-hydrogen) atoms. The predicted octanol–water partition coefficient (Wildman–Crippen LogP) is 1.45. The summed E-state index contributed by atoms with van der Waals surface area (Å²) in [4.78, 5) is 23.5. The molecule has 0 aliphatic carbocycles. The number of methoxy groups -OCH3 is 1. The third-order valence-corrected chi connectivity index (χ3v) is 3.73. The van der Waals surface area contributed by atoms with Gasteiger partial charge in [0.05, 0.1) is 18.5 Å². The van der Waals surface area contributed by atoms with Crippen molar-refractivity contribution in [3.63, 3.8) is 0 Å². The molecule has 1 saturated heterocycles. The molecule has 114 valence electrons. The molecule has 1 unspecified atom stereocenters. The summed E-state index contributed by atoms with van der Waals surface area (Å²) in [6.45, 7) is 5.08. The van der Waals surface area contributed by atoms with Gasteiger partial charge in [0.2, 0.25) is 11.8 Å². The quantitative estimate of drug-likeness (QED) is 0.767. The van der Waals surface area contributed by atoms with Crippen molar-refractivity contribution in [3.8, 4) is 5.75 Å². The second kappa shape index (κ2) is 6.58. The molecular weight excluding hydrogens is 270 g/mol. The first kappa shape index (κ1) is 15.3. The average Bonchev–Trinajstić information content (AvgIpc) is 2.38. The lowest BCUT2D eigenvalue weighted by Gasteiger charge is -2.31. The maximum absolute atomic E-state index is 12.3. The van der Waals surface area contributed by atoms with E-state index in [1.54, 1.807) is 25.3 Å². The molecule has 2 rings (SSSR count). The standard InChI is InChI=1S/C15H21N3O3/c1-9(11-7-16-8-11)15(20)18-14-6-12(21-3)4-5-13(14)17-10(2)19/h4-6,9,11,16H,7-8H2,1-3H3,(H,17,19)(H,18,20). The van der Waals surface area contributed by atoms with Crippen LogP contribution < -0.4 is 20.7 Å². The Morgan fingerprint density at radius 2 is 2.00 bits per heavy atom. The highest BCUT2D eigenvalue weighted by Crippen LogP contribution is 2.28. The summed E-state index contributed by atoms with van der Waals surface area (Å²) in [6.07, 6.45) is 0. The third-order valence-electron chi connectivity index (χ3n) is 3.73. The van der Waals surface area contributed by atoms with Gasteiger partial charge in [-0.25, -0.2) is 0 Å². The number of carbonyl (C=O) groups is 2. The summed E-state index contributed by atoms with van der Waals surface area (Å²) in [6, 6.07) is 5.15. The molecule has 0 radical (unpaired) electrons. The van der Waals surface area contributed by atoms with Gasteiger partial charge in [-0.15, -0.1) is 0 Å². The molecule has 0 bridgehead atoms. The molecule has 3 N–H and O–H groups in total. The first-order chi connectivity index (χ1) is 10.0. The molecule has 1 aromatic carbocycles. The normalized spacial score (nSPS) is 15.8. The van der Waals surface area contributed by atoms with Gasteiger partial charge >= 0.3 is 0 Å². The number of amides is 2. The largest absolute Gasteiger partial charge is 0.497 e. The molecule has 1 heterocycles. The van der Waals surface area contributed by atoms with Crippen LogP contribution in [0.15, 0.2) is 18.2 Å². The number of rotatable bonds is 5. The fraction of sp³-hybridized carbons (Fsp3) is 0.467. The van der Waals surface area contributed by atoms with Crippen LogP contribution in [0.5, 0.6) is 5.75 Å². The number of carbonyl (C=O) groups excluding carboxylic acids is 2. The Bertz CT molecular complexity index is 541. The molecule has 1 aliphatic rings. The number of hydrogen-bond donors (Lipinski definition) is 3. The molecule has 0 saturated carbocycles. The monoisotopic (exact) mass is 291 g/mol. The van der Waals surface area contributed by atoms with Crippen LogP contribution >= 0.6 is 0 Å². The Kier molecular flexibility index (Phi) is 4.80. The SMILES string of the molecule is COc1ccc(NC(C)=O)c(NC(=O)C(C)C2CNC2)c1. The molecule has 1 aliphatic heterocycles. The van der Waals surface area contributed by atoms with Crippen LogP contribution in [0.2, 0.25) is 0 Å². The lowest BCUT2D eigenvalue weighted by molar-refractivity contribution is -0.121. The number of hydrogen-bond acceptors (Lipinski definition) is 4. The fourth-order valence-corrected chi connectivity index (χ4v) is 2.18. The number of anilines is 2. The highest BCUT2D eigenvalue weighted by Gasteiger charge is 2.29. The lowest BCUT2D eigenvalue weighted by Crippen LogP contribution is -2.48. The van der Waals surface area contributed by atoms with Crippen molar-refractivity contribution in [2.45, 2.75) is 13.8 Å². The molecule has 6 nitrogen and oxygen atoms in total. The lowest BCUT2D eigenvalue weighted by atomic mass is 9.88. The second-order valence-electron chi connectivity index (χ2n) is 5.29. The number of benzene rings is 1. The van der Waals surface area contributed by atoms with Gasteiger partial charge in [0, 0.05) is 18.9 Å². The molecule has 2 amide bonds. The topological polar surface area (TPSA) is 79.5 Å². The van der Waals surface area contributed by atoms with Gasteiger partial charge in [0.1, 0.15) is 5.75 Å². The van der Waals surface area contributed by atoms with E-state index in [0.29, 0.717) is 23.0 Å². The highest BCUT2D eigenvalue weighted by atomic mass is 16.5. The molecule has 0 spiro atoms. The van der Waals surface area contributed by atoms with Crippen LogP contribution in [-0.4, -0.2) is 32.0 Å². The van der Waals surface area contributed by atoms with Crippen LogP contribution in [0.3, 0.4) is 0 Å². The Morgan fingerprint density at radius 1 is 1.29 bits per heavy atom. The van der Waals surface area contributed by atoms with Gasteiger partial charge in [-0.3, -0.25) is 9.59 Å². The van der Waals surface area contributed by atoms with Crippen molar-refractivity contribution in [3.05, 3.63) is 18.2 Å².